The van der Waals surface area contributed by atoms with E-state index in [0.717, 1.165) is 6.92 Å². The van der Waals surface area contributed by atoms with Gasteiger partial charge in [-0.15, -0.1) is 0 Å². The number of carbonyl (C=O) groups is 2. The third-order valence-electron chi connectivity index (χ3n) is 2.67. The Morgan fingerprint density at radius 2 is 1.64 bits per heavy atom. The second kappa shape index (κ2) is 5.85. The minimum Gasteiger partial charge on any atom is -0.368 e. The lowest BCUT2D eigenvalue weighted by molar-refractivity contribution is -0.162. The van der Waals surface area contributed by atoms with E-state index in [9.17, 15) is 35.9 Å². The predicted octanol–water partition coefficient (Wildman–Crippen LogP) is 2.33. The predicted molar refractivity (Wildman–Crippen MR) is 62.6 cm³/mol. The van der Waals surface area contributed by atoms with Crippen LogP contribution < -0.4 is 11.1 Å². The van der Waals surface area contributed by atoms with Gasteiger partial charge in [0.25, 0.3) is 5.91 Å². The molecule has 122 valence electrons. The molecule has 0 aliphatic carbocycles. The normalized spacial score (nSPS) is 13.6. The fourth-order valence-electron chi connectivity index (χ4n) is 1.63. The zero-order chi connectivity index (χ0) is 17.3. The molecule has 0 saturated carbocycles. The van der Waals surface area contributed by atoms with Crippen molar-refractivity contribution in [3.8, 4) is 0 Å². The molecule has 0 aromatic heterocycles. The van der Waals surface area contributed by atoms with Gasteiger partial charge in [-0.25, -0.2) is 0 Å². The van der Waals surface area contributed by atoms with Crippen LogP contribution in [0.3, 0.4) is 0 Å². The molecule has 10 heteroatoms. The molecular weight excluding hydrogens is 318 g/mol. The van der Waals surface area contributed by atoms with Crippen LogP contribution >= 0.6 is 0 Å². The van der Waals surface area contributed by atoms with Gasteiger partial charge in [-0.2, -0.15) is 26.3 Å². The van der Waals surface area contributed by atoms with Gasteiger partial charge in [-0.3, -0.25) is 9.59 Å². The number of rotatable bonds is 3. The number of halogens is 6. The van der Waals surface area contributed by atoms with Gasteiger partial charge in [0.2, 0.25) is 5.91 Å². The zero-order valence-corrected chi connectivity index (χ0v) is 11.0. The summed E-state index contributed by atoms with van der Waals surface area (Å²) in [6.45, 7) is 1.08. The fourth-order valence-corrected chi connectivity index (χ4v) is 1.63. The van der Waals surface area contributed by atoms with E-state index in [1.807, 2.05) is 0 Å². The second-order valence-corrected chi connectivity index (χ2v) is 4.32. The van der Waals surface area contributed by atoms with Crippen LogP contribution in [0, 0.1) is 0 Å². The first kappa shape index (κ1) is 17.8. The van der Waals surface area contributed by atoms with Crippen molar-refractivity contribution in [3.05, 3.63) is 34.9 Å². The lowest BCUT2D eigenvalue weighted by atomic mass is 9.99. The highest BCUT2D eigenvalue weighted by molar-refractivity contribution is 5.98. The van der Waals surface area contributed by atoms with Crippen LogP contribution in [0.25, 0.3) is 0 Å². The first-order valence-electron chi connectivity index (χ1n) is 5.73. The lowest BCUT2D eigenvalue weighted by Gasteiger charge is -2.19. The van der Waals surface area contributed by atoms with E-state index in [4.69, 9.17) is 5.73 Å². The largest absolute Gasteiger partial charge is 0.417 e. The molecule has 4 nitrogen and oxygen atoms in total. The molecule has 0 aliphatic rings. The average molecular weight is 328 g/mol. The molecule has 22 heavy (non-hydrogen) atoms. The fraction of sp³-hybridized carbons (Fsp3) is 0.333. The minimum atomic E-state index is -5.41. The first-order chi connectivity index (χ1) is 9.85. The highest BCUT2D eigenvalue weighted by Crippen LogP contribution is 2.41. The topological polar surface area (TPSA) is 72.2 Å². The Kier molecular flexibility index (Phi) is 4.73. The van der Waals surface area contributed by atoms with E-state index in [-0.39, 0.29) is 6.07 Å². The number of primary amides is 1. The first-order valence-corrected chi connectivity index (χ1v) is 5.73. The summed E-state index contributed by atoms with van der Waals surface area (Å²) < 4.78 is 76.9. The van der Waals surface area contributed by atoms with E-state index >= 15 is 0 Å². The second-order valence-electron chi connectivity index (χ2n) is 4.32. The van der Waals surface area contributed by atoms with Crippen molar-refractivity contribution in [2.45, 2.75) is 25.3 Å². The highest BCUT2D eigenvalue weighted by Gasteiger charge is 2.45. The quantitative estimate of drug-likeness (QED) is 0.836. The summed E-state index contributed by atoms with van der Waals surface area (Å²) in [5, 5.41) is 1.81. The summed E-state index contributed by atoms with van der Waals surface area (Å²) in [6, 6.07) is 0.128. The average Bonchev–Trinajstić information content (AvgIpc) is 2.35. The van der Waals surface area contributed by atoms with Crippen molar-refractivity contribution >= 4 is 11.8 Å². The van der Waals surface area contributed by atoms with Crippen LogP contribution in [-0.4, -0.2) is 17.9 Å². The molecule has 1 rings (SSSR count). The van der Waals surface area contributed by atoms with Gasteiger partial charge in [0.1, 0.15) is 6.04 Å². The lowest BCUT2D eigenvalue weighted by Crippen LogP contribution is -2.42. The smallest absolute Gasteiger partial charge is 0.368 e. The molecule has 1 aromatic carbocycles. The minimum absolute atomic E-state index is 0.219. The molecule has 0 saturated heterocycles. The molecule has 0 unspecified atom stereocenters. The maximum atomic E-state index is 12.9. The van der Waals surface area contributed by atoms with E-state index in [1.54, 1.807) is 5.32 Å². The van der Waals surface area contributed by atoms with Crippen molar-refractivity contribution < 1.29 is 35.9 Å². The number of hydrogen-bond donors (Lipinski definition) is 2. The summed E-state index contributed by atoms with van der Waals surface area (Å²) in [5.74, 6) is -2.53. The van der Waals surface area contributed by atoms with Crippen molar-refractivity contribution in [1.82, 2.24) is 5.32 Å². The summed E-state index contributed by atoms with van der Waals surface area (Å²) in [4.78, 5) is 22.5. The van der Waals surface area contributed by atoms with Gasteiger partial charge >= 0.3 is 12.4 Å². The summed E-state index contributed by atoms with van der Waals surface area (Å²) >= 11 is 0. The monoisotopic (exact) mass is 328 g/mol. The van der Waals surface area contributed by atoms with E-state index < -0.39 is 46.9 Å². The van der Waals surface area contributed by atoms with Gasteiger partial charge in [0.05, 0.1) is 16.7 Å². The van der Waals surface area contributed by atoms with Gasteiger partial charge in [-0.1, -0.05) is 6.07 Å². The van der Waals surface area contributed by atoms with Crippen molar-refractivity contribution in [2.75, 3.05) is 0 Å². The van der Waals surface area contributed by atoms with Crippen LogP contribution in [0.5, 0.6) is 0 Å². The molecule has 0 spiro atoms. The molecular formula is C12H10F6N2O2. The Hall–Kier alpha value is -2.26. The molecule has 0 aliphatic heterocycles. The van der Waals surface area contributed by atoms with E-state index in [1.165, 1.54) is 0 Å². The summed E-state index contributed by atoms with van der Waals surface area (Å²) in [6.07, 6.45) is -10.7. The van der Waals surface area contributed by atoms with Gasteiger partial charge in [0, 0.05) is 0 Å². The zero-order valence-electron chi connectivity index (χ0n) is 11.0. The number of nitrogens with two attached hydrogens (primary N) is 1. The molecule has 3 N–H and O–H groups in total. The number of carbonyl (C=O) groups excluding carboxylic acids is 2. The molecule has 0 fully saturated rings. The Balaban J connectivity index is 3.43. The number of benzene rings is 1. The molecule has 0 bridgehead atoms. The number of amides is 2. The third-order valence-corrected chi connectivity index (χ3v) is 2.67. The summed E-state index contributed by atoms with van der Waals surface area (Å²) in [5.41, 5.74) is -0.512. The standard InChI is InChI=1S/C12H10F6N2O2/c1-5(9(19)21)20-10(22)6-3-2-4-7(11(13,14)15)8(6)12(16,17)18/h2-5H,1H3,(H2,19,21)(H,20,22)/t5-/m0/s1. The Labute approximate surface area is 120 Å². The van der Waals surface area contributed by atoms with Crippen molar-refractivity contribution in [3.63, 3.8) is 0 Å². The number of hydrogen-bond acceptors (Lipinski definition) is 2. The Morgan fingerprint density at radius 1 is 1.09 bits per heavy atom. The number of alkyl halides is 6. The van der Waals surface area contributed by atoms with Crippen LogP contribution in [0.2, 0.25) is 0 Å². The van der Waals surface area contributed by atoms with E-state index in [0.29, 0.717) is 12.1 Å². The Bertz CT molecular complexity index is 594. The van der Waals surface area contributed by atoms with Crippen molar-refractivity contribution in [1.29, 1.82) is 0 Å². The van der Waals surface area contributed by atoms with E-state index in [2.05, 4.69) is 0 Å². The third kappa shape index (κ3) is 3.89. The molecule has 0 radical (unpaired) electrons. The van der Waals surface area contributed by atoms with Crippen molar-refractivity contribution in [2.24, 2.45) is 5.73 Å². The number of nitrogens with one attached hydrogen (secondary N) is 1. The molecule has 1 atom stereocenters. The molecule has 2 amide bonds. The Morgan fingerprint density at radius 3 is 2.05 bits per heavy atom. The molecule has 0 heterocycles. The van der Waals surface area contributed by atoms with Crippen LogP contribution in [0.15, 0.2) is 18.2 Å². The van der Waals surface area contributed by atoms with Crippen LogP contribution in [0.4, 0.5) is 26.3 Å². The maximum Gasteiger partial charge on any atom is 0.417 e. The van der Waals surface area contributed by atoms with Crippen LogP contribution in [-0.2, 0) is 17.1 Å². The maximum absolute atomic E-state index is 12.9. The van der Waals surface area contributed by atoms with Crippen LogP contribution in [0.1, 0.15) is 28.4 Å². The summed E-state index contributed by atoms with van der Waals surface area (Å²) in [7, 11) is 0. The molecule has 1 aromatic rings. The van der Waals surface area contributed by atoms with Gasteiger partial charge in [-0.05, 0) is 19.1 Å². The van der Waals surface area contributed by atoms with Gasteiger partial charge in [0.15, 0.2) is 0 Å². The highest BCUT2D eigenvalue weighted by atomic mass is 19.4. The van der Waals surface area contributed by atoms with Gasteiger partial charge < -0.3 is 11.1 Å². The SMILES string of the molecule is C[C@H](NC(=O)c1cccc(C(F)(F)F)c1C(F)(F)F)C(N)=O.